The second-order valence-electron chi connectivity index (χ2n) is 3.98. The predicted molar refractivity (Wildman–Crippen MR) is 61.3 cm³/mol. The van der Waals surface area contributed by atoms with E-state index in [0.717, 1.165) is 0 Å². The molecule has 0 spiro atoms. The molecule has 0 aromatic carbocycles. The Balaban J connectivity index is 2.18. The second kappa shape index (κ2) is 5.28. The Bertz CT molecular complexity index is 455. The molecule has 6 nitrogen and oxygen atoms in total. The normalized spacial score (nSPS) is 19.9. The molecular formula is C11H14FN3O3. The minimum Gasteiger partial charge on any atom is -0.394 e. The van der Waals surface area contributed by atoms with Crippen molar-refractivity contribution in [3.63, 3.8) is 0 Å². The van der Waals surface area contributed by atoms with Gasteiger partial charge in [0.1, 0.15) is 0 Å². The highest BCUT2D eigenvalue weighted by Crippen LogP contribution is 2.16. The predicted octanol–water partition coefficient (Wildman–Crippen LogP) is -0.364. The number of anilines is 1. The van der Waals surface area contributed by atoms with Gasteiger partial charge in [0.2, 0.25) is 0 Å². The van der Waals surface area contributed by atoms with Gasteiger partial charge in [-0.15, -0.1) is 0 Å². The summed E-state index contributed by atoms with van der Waals surface area (Å²) < 4.78 is 18.9. The van der Waals surface area contributed by atoms with Crippen molar-refractivity contribution in [3.05, 3.63) is 23.6 Å². The number of pyridine rings is 1. The number of nitrogens with zero attached hydrogens (tertiary/aromatic N) is 2. The summed E-state index contributed by atoms with van der Waals surface area (Å²) in [5, 5.41) is 8.99. The number of hydrogen-bond donors (Lipinski definition) is 2. The van der Waals surface area contributed by atoms with Gasteiger partial charge in [-0.3, -0.25) is 4.79 Å². The molecule has 1 amide bonds. The average molecular weight is 255 g/mol. The van der Waals surface area contributed by atoms with Crippen molar-refractivity contribution in [2.45, 2.75) is 6.10 Å². The summed E-state index contributed by atoms with van der Waals surface area (Å²) >= 11 is 0. The molecule has 1 aromatic heterocycles. The van der Waals surface area contributed by atoms with Gasteiger partial charge in [-0.05, 0) is 6.07 Å². The first-order chi connectivity index (χ1) is 8.63. The molecule has 1 aliphatic rings. The van der Waals surface area contributed by atoms with Gasteiger partial charge >= 0.3 is 0 Å². The van der Waals surface area contributed by atoms with Crippen LogP contribution in [0.1, 0.15) is 10.4 Å². The van der Waals surface area contributed by atoms with Crippen molar-refractivity contribution in [1.29, 1.82) is 0 Å². The molecule has 0 radical (unpaired) electrons. The molecule has 1 atom stereocenters. The molecule has 2 heterocycles. The van der Waals surface area contributed by atoms with Crippen LogP contribution in [0.4, 0.5) is 10.2 Å². The van der Waals surface area contributed by atoms with E-state index < -0.39 is 17.8 Å². The number of aliphatic hydroxyl groups is 1. The van der Waals surface area contributed by atoms with Crippen molar-refractivity contribution < 1.29 is 19.0 Å². The van der Waals surface area contributed by atoms with Gasteiger partial charge in [0, 0.05) is 19.3 Å². The molecule has 7 heteroatoms. The zero-order valence-electron chi connectivity index (χ0n) is 9.67. The Morgan fingerprint density at radius 2 is 2.50 bits per heavy atom. The summed E-state index contributed by atoms with van der Waals surface area (Å²) in [7, 11) is 0. The van der Waals surface area contributed by atoms with Crippen molar-refractivity contribution in [2.75, 3.05) is 32.0 Å². The number of ether oxygens (including phenoxy) is 1. The molecule has 2 rings (SSSR count). The van der Waals surface area contributed by atoms with E-state index in [9.17, 15) is 9.18 Å². The Morgan fingerprint density at radius 3 is 3.22 bits per heavy atom. The van der Waals surface area contributed by atoms with E-state index in [0.29, 0.717) is 13.2 Å². The van der Waals surface area contributed by atoms with E-state index in [4.69, 9.17) is 15.6 Å². The number of nitrogens with two attached hydrogens (primary N) is 1. The first-order valence-electron chi connectivity index (χ1n) is 5.55. The Morgan fingerprint density at radius 1 is 1.72 bits per heavy atom. The van der Waals surface area contributed by atoms with E-state index in [1.165, 1.54) is 17.2 Å². The van der Waals surface area contributed by atoms with Crippen molar-refractivity contribution >= 4 is 11.7 Å². The van der Waals surface area contributed by atoms with Crippen LogP contribution in [-0.2, 0) is 4.74 Å². The van der Waals surface area contributed by atoms with Crippen LogP contribution in [0.25, 0.3) is 0 Å². The summed E-state index contributed by atoms with van der Waals surface area (Å²) in [5.41, 5.74) is 5.21. The van der Waals surface area contributed by atoms with Crippen LogP contribution in [0.3, 0.4) is 0 Å². The number of morpholine rings is 1. The third-order valence-electron chi connectivity index (χ3n) is 2.78. The number of nitrogen functional groups attached to an aromatic ring is 1. The summed E-state index contributed by atoms with van der Waals surface area (Å²) in [5.74, 6) is -1.58. The molecule has 98 valence electrons. The number of hydrogen-bond acceptors (Lipinski definition) is 5. The zero-order valence-corrected chi connectivity index (χ0v) is 9.67. The monoisotopic (exact) mass is 255 g/mol. The lowest BCUT2D eigenvalue weighted by Crippen LogP contribution is -2.47. The van der Waals surface area contributed by atoms with Crippen molar-refractivity contribution in [3.8, 4) is 0 Å². The number of aliphatic hydroxyl groups excluding tert-OH is 1. The largest absolute Gasteiger partial charge is 0.394 e. The van der Waals surface area contributed by atoms with Crippen LogP contribution in [0, 0.1) is 5.82 Å². The molecule has 18 heavy (non-hydrogen) atoms. The van der Waals surface area contributed by atoms with Crippen LogP contribution in [0.2, 0.25) is 0 Å². The Kier molecular flexibility index (Phi) is 3.73. The first-order valence-corrected chi connectivity index (χ1v) is 5.55. The van der Waals surface area contributed by atoms with Gasteiger partial charge in [0.15, 0.2) is 11.6 Å². The first kappa shape index (κ1) is 12.7. The van der Waals surface area contributed by atoms with Crippen molar-refractivity contribution in [1.82, 2.24) is 9.88 Å². The number of carbonyl (C=O) groups excluding carboxylic acids is 1. The molecule has 3 N–H and O–H groups in total. The minimum atomic E-state index is -0.811. The van der Waals surface area contributed by atoms with Gasteiger partial charge in [-0.2, -0.15) is 0 Å². The quantitative estimate of drug-likeness (QED) is 0.753. The summed E-state index contributed by atoms with van der Waals surface area (Å²) in [6, 6.07) is 1.29. The lowest BCUT2D eigenvalue weighted by molar-refractivity contribution is -0.0448. The number of halogens is 1. The average Bonchev–Trinajstić information content (AvgIpc) is 2.41. The van der Waals surface area contributed by atoms with Crippen LogP contribution < -0.4 is 5.73 Å². The smallest absolute Gasteiger partial charge is 0.257 e. The molecule has 1 saturated heterocycles. The molecule has 1 fully saturated rings. The van der Waals surface area contributed by atoms with Gasteiger partial charge in [0.05, 0.1) is 24.9 Å². The molecule has 0 bridgehead atoms. The number of aromatic nitrogens is 1. The fourth-order valence-corrected chi connectivity index (χ4v) is 1.81. The minimum absolute atomic E-state index is 0.110. The summed E-state index contributed by atoms with van der Waals surface area (Å²) in [4.78, 5) is 17.1. The van der Waals surface area contributed by atoms with Crippen LogP contribution in [0.15, 0.2) is 12.3 Å². The maximum absolute atomic E-state index is 13.7. The van der Waals surface area contributed by atoms with Gasteiger partial charge in [-0.1, -0.05) is 0 Å². The Hall–Kier alpha value is -1.73. The molecule has 1 aromatic rings. The summed E-state index contributed by atoms with van der Waals surface area (Å²) in [6.45, 7) is 0.734. The lowest BCUT2D eigenvalue weighted by atomic mass is 10.2. The molecular weight excluding hydrogens is 241 g/mol. The number of rotatable bonds is 2. The molecule has 0 aliphatic carbocycles. The second-order valence-corrected chi connectivity index (χ2v) is 3.98. The molecule has 0 saturated carbocycles. The lowest BCUT2D eigenvalue weighted by Gasteiger charge is -2.32. The maximum atomic E-state index is 13.7. The fraction of sp³-hybridized carbons (Fsp3) is 0.455. The van der Waals surface area contributed by atoms with E-state index in [1.807, 2.05) is 0 Å². The van der Waals surface area contributed by atoms with Crippen LogP contribution in [0.5, 0.6) is 0 Å². The fourth-order valence-electron chi connectivity index (χ4n) is 1.81. The number of carbonyl (C=O) groups is 1. The van der Waals surface area contributed by atoms with Crippen LogP contribution in [-0.4, -0.2) is 53.3 Å². The SMILES string of the molecule is Nc1nccc(C(=O)N2CCOC(CO)C2)c1F. The molecule has 1 aliphatic heterocycles. The Labute approximate surface area is 103 Å². The van der Waals surface area contributed by atoms with E-state index in [-0.39, 0.29) is 24.5 Å². The standard InChI is InChI=1S/C11H14FN3O3/c12-9-8(1-2-14-10(9)13)11(17)15-3-4-18-7(5-15)6-16/h1-2,7,16H,3-6H2,(H2,13,14). The molecule has 1 unspecified atom stereocenters. The third-order valence-corrected chi connectivity index (χ3v) is 2.78. The maximum Gasteiger partial charge on any atom is 0.257 e. The van der Waals surface area contributed by atoms with E-state index in [1.54, 1.807) is 0 Å². The van der Waals surface area contributed by atoms with Gasteiger partial charge in [-0.25, -0.2) is 9.37 Å². The zero-order chi connectivity index (χ0) is 13.1. The van der Waals surface area contributed by atoms with E-state index >= 15 is 0 Å². The highest BCUT2D eigenvalue weighted by Gasteiger charge is 2.26. The third kappa shape index (κ3) is 2.41. The van der Waals surface area contributed by atoms with Crippen LogP contribution >= 0.6 is 0 Å². The highest BCUT2D eigenvalue weighted by atomic mass is 19.1. The number of amides is 1. The van der Waals surface area contributed by atoms with E-state index in [2.05, 4.69) is 4.98 Å². The topological polar surface area (TPSA) is 88.7 Å². The summed E-state index contributed by atoms with van der Waals surface area (Å²) in [6.07, 6.45) is 0.861. The van der Waals surface area contributed by atoms with Gasteiger partial charge < -0.3 is 20.5 Å². The van der Waals surface area contributed by atoms with Crippen molar-refractivity contribution in [2.24, 2.45) is 0 Å². The van der Waals surface area contributed by atoms with Gasteiger partial charge in [0.25, 0.3) is 5.91 Å². The highest BCUT2D eigenvalue weighted by molar-refractivity contribution is 5.95.